The van der Waals surface area contributed by atoms with E-state index >= 15 is 0 Å². The lowest BCUT2D eigenvalue weighted by Gasteiger charge is -2.39. The molecule has 0 heterocycles. The van der Waals surface area contributed by atoms with Crippen molar-refractivity contribution in [3.8, 4) is 0 Å². The van der Waals surface area contributed by atoms with E-state index in [0.717, 1.165) is 0 Å². The first-order chi connectivity index (χ1) is 5.75. The van der Waals surface area contributed by atoms with Crippen molar-refractivity contribution in [2.75, 3.05) is 0 Å². The minimum Gasteiger partial charge on any atom is -0.185 e. The van der Waals surface area contributed by atoms with Gasteiger partial charge in [-0.05, 0) is 11.6 Å². The molecule has 0 aromatic rings. The van der Waals surface area contributed by atoms with Crippen LogP contribution in [-0.2, 0) is 0 Å². The zero-order valence-electron chi connectivity index (χ0n) is 5.78. The average Bonchev–Trinajstić information content (AvgIpc) is 1.81. The van der Waals surface area contributed by atoms with E-state index in [-0.39, 0.29) is 0 Å². The van der Waals surface area contributed by atoms with Crippen LogP contribution in [0.5, 0.6) is 0 Å². The molecule has 0 saturated heterocycles. The minimum absolute atomic E-state index is 2.54. The van der Waals surface area contributed by atoms with Gasteiger partial charge in [0.15, 0.2) is 0 Å². The Labute approximate surface area is 119 Å². The Morgan fingerprint density at radius 1 is 0.571 bits per heavy atom. The molecule has 86 valence electrons. The van der Waals surface area contributed by atoms with Gasteiger partial charge < -0.3 is 0 Å². The monoisotopic (exact) mass is 366 g/mol. The molecular weight excluding hydrogens is 370 g/mol. The van der Waals surface area contributed by atoms with Crippen molar-refractivity contribution in [1.82, 2.24) is 0 Å². The number of hydrogen-bond acceptors (Lipinski definition) is 0. The van der Waals surface area contributed by atoms with Crippen LogP contribution in [0.1, 0.15) is 0 Å². The Bertz CT molecular complexity index is 188. The van der Waals surface area contributed by atoms with Gasteiger partial charge in [0, 0.05) is 0 Å². The van der Waals surface area contributed by atoms with E-state index in [2.05, 4.69) is 11.6 Å². The highest BCUT2D eigenvalue weighted by molar-refractivity contribution is 6.79. The van der Waals surface area contributed by atoms with Crippen molar-refractivity contribution in [2.45, 2.75) is 17.8 Å². The molecule has 0 aromatic heterocycles. The van der Waals surface area contributed by atoms with Crippen LogP contribution in [0.2, 0.25) is 0 Å². The Morgan fingerprint density at radius 3 is 0.929 bits per heavy atom. The highest BCUT2D eigenvalue weighted by Gasteiger charge is 2.70. The molecule has 0 nitrogen and oxygen atoms in total. The zero-order valence-corrected chi connectivity index (χ0v) is 11.8. The molecule has 14 heavy (non-hydrogen) atoms. The van der Waals surface area contributed by atoms with Gasteiger partial charge >= 0.3 is 5.38 Å². The van der Waals surface area contributed by atoms with Crippen LogP contribution in [0.25, 0.3) is 0 Å². The maximum Gasteiger partial charge on any atom is 0.357 e. The third-order valence-electron chi connectivity index (χ3n) is 1.11. The lowest BCUT2D eigenvalue weighted by Crippen LogP contribution is -2.54. The smallest absolute Gasteiger partial charge is 0.185 e. The predicted octanol–water partition coefficient (Wildman–Crippen LogP) is 5.54. The summed E-state index contributed by atoms with van der Waals surface area (Å²) >= 11 is 41.2. The van der Waals surface area contributed by atoms with Crippen LogP contribution in [0.15, 0.2) is 0 Å². The summed E-state index contributed by atoms with van der Waals surface area (Å²) in [7, 11) is 0. The maximum absolute atomic E-state index is 12.7. The second kappa shape index (κ2) is 4.45. The molecule has 0 unspecified atom stereocenters. The summed E-state index contributed by atoms with van der Waals surface area (Å²) in [5, 5.41) is -4.18. The van der Waals surface area contributed by atoms with Crippen molar-refractivity contribution < 1.29 is 8.78 Å². The van der Waals surface area contributed by atoms with Crippen LogP contribution in [0.3, 0.4) is 0 Å². The highest BCUT2D eigenvalue weighted by atomic mass is 35.6. The van der Waals surface area contributed by atoms with E-state index in [1.54, 1.807) is 0 Å². The molecule has 0 N–H and O–H groups in total. The van der Waals surface area contributed by atoms with Crippen LogP contribution < -0.4 is 0 Å². The number of hydrogen-bond donors (Lipinski definition) is 0. The van der Waals surface area contributed by atoms with Crippen LogP contribution >= 0.6 is 92.8 Å². The number of halogens is 10. The third kappa shape index (κ3) is 2.89. The van der Waals surface area contributed by atoms with Gasteiger partial charge in [-0.2, -0.15) is 8.78 Å². The molecular formula is C4Cl8F2. The highest BCUT2D eigenvalue weighted by Crippen LogP contribution is 2.61. The first-order valence-corrected chi connectivity index (χ1v) is 5.66. The fourth-order valence-electron chi connectivity index (χ4n) is 0.356. The molecule has 0 aliphatic carbocycles. The van der Waals surface area contributed by atoms with Gasteiger partial charge in [0.2, 0.25) is 12.5 Å². The number of rotatable bonds is 2. The second-order valence-corrected chi connectivity index (χ2v) is 7.55. The molecule has 0 saturated carbocycles. The number of alkyl halides is 10. The molecule has 0 amide bonds. The lowest BCUT2D eigenvalue weighted by atomic mass is 10.3. The summed E-state index contributed by atoms with van der Waals surface area (Å²) in [6, 6.07) is 0. The maximum atomic E-state index is 12.7. The standard InChI is InChI=1S/C4Cl8F2/c5-1(6,3(9,10)11)2(7,8)4(12,13)14. The van der Waals surface area contributed by atoms with Gasteiger partial charge in [0.05, 0.1) is 0 Å². The predicted molar refractivity (Wildman–Crippen MR) is 60.0 cm³/mol. The first kappa shape index (κ1) is 16.2. The van der Waals surface area contributed by atoms with Gasteiger partial charge in [0.25, 0.3) is 0 Å². The lowest BCUT2D eigenvalue weighted by molar-refractivity contribution is 0.0706. The summed E-state index contributed by atoms with van der Waals surface area (Å²) in [5.41, 5.74) is 0. The topological polar surface area (TPSA) is 0 Å². The fourth-order valence-corrected chi connectivity index (χ4v) is 1.83. The fraction of sp³-hybridized carbons (Fsp3) is 1.00. The SMILES string of the molecule is FC(F)(Cl)C(Cl)(Cl)C(Cl)(Cl)C(Cl)(Cl)Cl. The van der Waals surface area contributed by atoms with E-state index in [0.29, 0.717) is 0 Å². The summed E-state index contributed by atoms with van der Waals surface area (Å²) in [6.07, 6.45) is 0. The summed E-state index contributed by atoms with van der Waals surface area (Å²) < 4.78 is 16.9. The minimum atomic E-state index is -4.18. The summed E-state index contributed by atoms with van der Waals surface area (Å²) in [6.45, 7) is 0. The third-order valence-corrected chi connectivity index (χ3v) is 5.58. The largest absolute Gasteiger partial charge is 0.357 e. The molecule has 10 heteroatoms. The molecule has 0 rings (SSSR count). The van der Waals surface area contributed by atoms with Crippen molar-refractivity contribution in [2.24, 2.45) is 0 Å². The molecule has 0 bridgehead atoms. The summed E-state index contributed by atoms with van der Waals surface area (Å²) in [5.74, 6) is 0. The van der Waals surface area contributed by atoms with E-state index in [1.165, 1.54) is 0 Å². The van der Waals surface area contributed by atoms with Crippen LogP contribution in [0.4, 0.5) is 8.78 Å². The van der Waals surface area contributed by atoms with E-state index in [9.17, 15) is 8.78 Å². The molecule has 0 fully saturated rings. The second-order valence-electron chi connectivity index (χ2n) is 2.14. The van der Waals surface area contributed by atoms with Gasteiger partial charge in [-0.1, -0.05) is 81.2 Å². The normalized spacial score (nSPS) is 15.9. The van der Waals surface area contributed by atoms with Gasteiger partial charge in [-0.25, -0.2) is 0 Å². The quantitative estimate of drug-likeness (QED) is 0.561. The molecule has 0 aliphatic rings. The van der Waals surface area contributed by atoms with Crippen molar-refractivity contribution in [1.29, 1.82) is 0 Å². The van der Waals surface area contributed by atoms with E-state index in [4.69, 9.17) is 81.2 Å². The molecule has 0 radical (unpaired) electrons. The zero-order chi connectivity index (χ0) is 12.0. The van der Waals surface area contributed by atoms with E-state index in [1.807, 2.05) is 0 Å². The van der Waals surface area contributed by atoms with Crippen molar-refractivity contribution >= 4 is 92.8 Å². The van der Waals surface area contributed by atoms with Crippen LogP contribution in [0, 0.1) is 0 Å². The first-order valence-electron chi connectivity index (χ1n) is 2.64. The molecule has 0 aromatic carbocycles. The molecule has 0 spiro atoms. The van der Waals surface area contributed by atoms with Crippen molar-refractivity contribution in [3.63, 3.8) is 0 Å². The van der Waals surface area contributed by atoms with Gasteiger partial charge in [-0.15, -0.1) is 0 Å². The Hall–Kier alpha value is 2.18. The Morgan fingerprint density at radius 2 is 0.857 bits per heavy atom. The van der Waals surface area contributed by atoms with E-state index < -0.39 is 17.8 Å². The van der Waals surface area contributed by atoms with Crippen molar-refractivity contribution in [3.05, 3.63) is 0 Å². The van der Waals surface area contributed by atoms with Crippen LogP contribution in [-0.4, -0.2) is 17.8 Å². The van der Waals surface area contributed by atoms with Gasteiger partial charge in [-0.3, -0.25) is 0 Å². The Balaban J connectivity index is 5.30. The average molecular weight is 370 g/mol. The van der Waals surface area contributed by atoms with Gasteiger partial charge in [0.1, 0.15) is 0 Å². The molecule has 0 atom stereocenters. The Kier molecular flexibility index (Phi) is 5.15. The summed E-state index contributed by atoms with van der Waals surface area (Å²) in [4.78, 5) is 0. The molecule has 0 aliphatic heterocycles.